The van der Waals surface area contributed by atoms with Crippen LogP contribution in [0.25, 0.3) is 5.57 Å². The third-order valence-electron chi connectivity index (χ3n) is 3.97. The minimum Gasteiger partial charge on any atom is -0.381 e. The van der Waals surface area contributed by atoms with Crippen molar-refractivity contribution in [1.82, 2.24) is 5.32 Å². The van der Waals surface area contributed by atoms with Crippen molar-refractivity contribution >= 4 is 5.57 Å². The van der Waals surface area contributed by atoms with Crippen molar-refractivity contribution in [3.8, 4) is 0 Å². The van der Waals surface area contributed by atoms with E-state index in [1.54, 1.807) is 0 Å². The highest BCUT2D eigenvalue weighted by Crippen LogP contribution is 2.26. The molecule has 112 valence electrons. The first-order valence-corrected chi connectivity index (χ1v) is 8.01. The highest BCUT2D eigenvalue weighted by molar-refractivity contribution is 5.75. The SMILES string of the molecule is CC(C)Cc1ccc(C2=CC(c3ccccc3)NC=C2)cc1. The van der Waals surface area contributed by atoms with Crippen molar-refractivity contribution in [2.75, 3.05) is 0 Å². The van der Waals surface area contributed by atoms with E-state index in [-0.39, 0.29) is 6.04 Å². The fraction of sp³-hybridized carbons (Fsp3) is 0.238. The molecule has 1 atom stereocenters. The topological polar surface area (TPSA) is 12.0 Å². The van der Waals surface area contributed by atoms with E-state index in [1.807, 2.05) is 0 Å². The van der Waals surface area contributed by atoms with Crippen molar-refractivity contribution in [2.45, 2.75) is 26.3 Å². The van der Waals surface area contributed by atoms with Gasteiger partial charge in [-0.05, 0) is 53.0 Å². The molecule has 0 saturated heterocycles. The molecule has 1 nitrogen and oxygen atoms in total. The van der Waals surface area contributed by atoms with Crippen LogP contribution in [-0.2, 0) is 6.42 Å². The zero-order chi connectivity index (χ0) is 15.4. The molecule has 0 spiro atoms. The summed E-state index contributed by atoms with van der Waals surface area (Å²) in [6.07, 6.45) is 7.64. The second kappa shape index (κ2) is 6.65. The molecule has 22 heavy (non-hydrogen) atoms. The number of benzene rings is 2. The van der Waals surface area contributed by atoms with Crippen molar-refractivity contribution in [1.29, 1.82) is 0 Å². The van der Waals surface area contributed by atoms with Gasteiger partial charge in [0.15, 0.2) is 0 Å². The van der Waals surface area contributed by atoms with Crippen LogP contribution in [0, 0.1) is 5.92 Å². The Morgan fingerprint density at radius 3 is 2.36 bits per heavy atom. The quantitative estimate of drug-likeness (QED) is 0.823. The molecule has 1 N–H and O–H groups in total. The Morgan fingerprint density at radius 1 is 0.955 bits per heavy atom. The molecule has 2 aromatic rings. The molecule has 0 bridgehead atoms. The summed E-state index contributed by atoms with van der Waals surface area (Å²) in [5.41, 5.74) is 5.27. The van der Waals surface area contributed by atoms with Crippen LogP contribution in [-0.4, -0.2) is 0 Å². The van der Waals surface area contributed by atoms with Gasteiger partial charge in [-0.1, -0.05) is 68.4 Å². The summed E-state index contributed by atoms with van der Waals surface area (Å²) >= 11 is 0. The lowest BCUT2D eigenvalue weighted by atomic mass is 9.95. The van der Waals surface area contributed by atoms with Gasteiger partial charge in [-0.3, -0.25) is 0 Å². The predicted molar refractivity (Wildman–Crippen MR) is 94.4 cm³/mol. The number of nitrogens with one attached hydrogen (secondary N) is 1. The van der Waals surface area contributed by atoms with Crippen LogP contribution in [0.5, 0.6) is 0 Å². The maximum atomic E-state index is 3.42. The highest BCUT2D eigenvalue weighted by atomic mass is 14.9. The molecular formula is C21H23N. The van der Waals surface area contributed by atoms with Crippen LogP contribution in [0.2, 0.25) is 0 Å². The van der Waals surface area contributed by atoms with Gasteiger partial charge in [0, 0.05) is 0 Å². The summed E-state index contributed by atoms with van der Waals surface area (Å²) in [5, 5.41) is 3.42. The molecule has 1 heteroatoms. The average Bonchev–Trinajstić information content (AvgIpc) is 2.56. The van der Waals surface area contributed by atoms with Gasteiger partial charge < -0.3 is 5.32 Å². The molecule has 3 rings (SSSR count). The van der Waals surface area contributed by atoms with Gasteiger partial charge in [0.05, 0.1) is 6.04 Å². The van der Waals surface area contributed by atoms with E-state index in [0.29, 0.717) is 5.92 Å². The van der Waals surface area contributed by atoms with Crippen molar-refractivity contribution in [3.05, 3.63) is 89.6 Å². The molecule has 0 fully saturated rings. The van der Waals surface area contributed by atoms with Gasteiger partial charge in [-0.15, -0.1) is 0 Å². The molecule has 0 aliphatic carbocycles. The molecule has 1 aliphatic heterocycles. The van der Waals surface area contributed by atoms with E-state index in [2.05, 4.69) is 92.1 Å². The lowest BCUT2D eigenvalue weighted by Crippen LogP contribution is -2.16. The van der Waals surface area contributed by atoms with Gasteiger partial charge in [-0.2, -0.15) is 0 Å². The van der Waals surface area contributed by atoms with Crippen LogP contribution in [0.3, 0.4) is 0 Å². The maximum Gasteiger partial charge on any atom is 0.0701 e. The Labute approximate surface area is 133 Å². The fourth-order valence-corrected chi connectivity index (χ4v) is 2.87. The van der Waals surface area contributed by atoms with Crippen LogP contribution in [0.15, 0.2) is 72.9 Å². The molecular weight excluding hydrogens is 266 g/mol. The van der Waals surface area contributed by atoms with E-state index < -0.39 is 0 Å². The number of allylic oxidation sites excluding steroid dienone is 2. The first-order valence-electron chi connectivity index (χ1n) is 8.01. The van der Waals surface area contributed by atoms with Gasteiger partial charge in [0.2, 0.25) is 0 Å². The second-order valence-electron chi connectivity index (χ2n) is 6.31. The van der Waals surface area contributed by atoms with E-state index in [1.165, 1.54) is 22.3 Å². The summed E-state index contributed by atoms with van der Waals surface area (Å²) in [7, 11) is 0. The largest absolute Gasteiger partial charge is 0.381 e. The second-order valence-corrected chi connectivity index (χ2v) is 6.31. The third-order valence-corrected chi connectivity index (χ3v) is 3.97. The Balaban J connectivity index is 1.81. The van der Waals surface area contributed by atoms with Crippen LogP contribution >= 0.6 is 0 Å². The number of dihydropyridines is 1. The van der Waals surface area contributed by atoms with Gasteiger partial charge in [0.25, 0.3) is 0 Å². The molecule has 0 saturated carbocycles. The monoisotopic (exact) mass is 289 g/mol. The Morgan fingerprint density at radius 2 is 1.68 bits per heavy atom. The normalized spacial score (nSPS) is 17.2. The summed E-state index contributed by atoms with van der Waals surface area (Å²) in [6, 6.07) is 19.8. The summed E-state index contributed by atoms with van der Waals surface area (Å²) in [6.45, 7) is 4.52. The minimum atomic E-state index is 0.247. The van der Waals surface area contributed by atoms with E-state index in [9.17, 15) is 0 Å². The smallest absolute Gasteiger partial charge is 0.0701 e. The first kappa shape index (κ1) is 14.6. The lowest BCUT2D eigenvalue weighted by Gasteiger charge is -2.20. The van der Waals surface area contributed by atoms with Crippen LogP contribution in [0.4, 0.5) is 0 Å². The van der Waals surface area contributed by atoms with Crippen LogP contribution < -0.4 is 5.32 Å². The zero-order valence-corrected chi connectivity index (χ0v) is 13.3. The fourth-order valence-electron chi connectivity index (χ4n) is 2.87. The third kappa shape index (κ3) is 3.48. The average molecular weight is 289 g/mol. The summed E-state index contributed by atoms with van der Waals surface area (Å²) < 4.78 is 0. The Kier molecular flexibility index (Phi) is 4.43. The number of hydrogen-bond donors (Lipinski definition) is 1. The zero-order valence-electron chi connectivity index (χ0n) is 13.3. The molecule has 2 aromatic carbocycles. The molecule has 0 aromatic heterocycles. The van der Waals surface area contributed by atoms with Gasteiger partial charge >= 0.3 is 0 Å². The summed E-state index contributed by atoms with van der Waals surface area (Å²) in [4.78, 5) is 0. The maximum absolute atomic E-state index is 3.42. The number of hydrogen-bond acceptors (Lipinski definition) is 1. The number of rotatable bonds is 4. The van der Waals surface area contributed by atoms with Crippen molar-refractivity contribution in [2.24, 2.45) is 5.92 Å². The summed E-state index contributed by atoms with van der Waals surface area (Å²) in [5.74, 6) is 0.700. The molecule has 1 heterocycles. The molecule has 0 radical (unpaired) electrons. The van der Waals surface area contributed by atoms with Crippen molar-refractivity contribution in [3.63, 3.8) is 0 Å². The predicted octanol–water partition coefficient (Wildman–Crippen LogP) is 5.13. The van der Waals surface area contributed by atoms with Gasteiger partial charge in [-0.25, -0.2) is 0 Å². The van der Waals surface area contributed by atoms with Crippen LogP contribution in [0.1, 0.15) is 36.6 Å². The lowest BCUT2D eigenvalue weighted by molar-refractivity contribution is 0.647. The Bertz CT molecular complexity index is 663. The molecule has 0 amide bonds. The minimum absolute atomic E-state index is 0.247. The van der Waals surface area contributed by atoms with E-state index in [4.69, 9.17) is 0 Å². The first-order chi connectivity index (χ1) is 10.7. The molecule has 1 aliphatic rings. The van der Waals surface area contributed by atoms with E-state index in [0.717, 1.165) is 6.42 Å². The van der Waals surface area contributed by atoms with Crippen molar-refractivity contribution < 1.29 is 0 Å². The van der Waals surface area contributed by atoms with Gasteiger partial charge in [0.1, 0.15) is 0 Å². The Hall–Kier alpha value is -2.28. The highest BCUT2D eigenvalue weighted by Gasteiger charge is 2.11. The van der Waals surface area contributed by atoms with E-state index >= 15 is 0 Å². The standard InChI is InChI=1S/C21H23N/c1-16(2)14-17-8-10-18(11-9-17)20-12-13-22-21(15-20)19-6-4-3-5-7-19/h3-13,15-16,21-22H,14H2,1-2H3. The molecule has 1 unspecified atom stereocenters.